The van der Waals surface area contributed by atoms with Crippen molar-refractivity contribution in [1.82, 2.24) is 14.8 Å². The summed E-state index contributed by atoms with van der Waals surface area (Å²) in [4.78, 5) is 20.2. The molecule has 1 fully saturated rings. The van der Waals surface area contributed by atoms with Gasteiger partial charge in [-0.05, 0) is 49.9 Å². The second-order valence-corrected chi connectivity index (χ2v) is 8.38. The Balaban J connectivity index is 1.54. The number of rotatable bonds is 3. The van der Waals surface area contributed by atoms with Crippen molar-refractivity contribution in [3.8, 4) is 11.3 Å². The monoisotopic (exact) mass is 417 g/mol. The van der Waals surface area contributed by atoms with Crippen LogP contribution in [0.15, 0.2) is 48.8 Å². The van der Waals surface area contributed by atoms with Crippen LogP contribution in [-0.4, -0.2) is 33.9 Å². The Kier molecular flexibility index (Phi) is 5.19. The van der Waals surface area contributed by atoms with Gasteiger partial charge in [-0.1, -0.05) is 12.1 Å². The molecule has 0 atom stereocenters. The second kappa shape index (κ2) is 8.15. The number of hydrogen-bond acceptors (Lipinski definition) is 5. The Bertz CT molecular complexity index is 1100. The van der Waals surface area contributed by atoms with Gasteiger partial charge < -0.3 is 15.0 Å². The number of ether oxygens (including phenoxy) is 1. The number of methoxy groups -OCH3 is 1. The smallest absolute Gasteiger partial charge is 0.230 e. The summed E-state index contributed by atoms with van der Waals surface area (Å²) in [6.07, 6.45) is 7.54. The van der Waals surface area contributed by atoms with Crippen LogP contribution in [-0.2, 0) is 23.1 Å². The van der Waals surface area contributed by atoms with E-state index in [2.05, 4.69) is 21.5 Å². The summed E-state index contributed by atoms with van der Waals surface area (Å²) in [6.45, 7) is 0.498. The lowest BCUT2D eigenvalue weighted by Crippen LogP contribution is -2.38. The maximum atomic E-state index is 13.7. The van der Waals surface area contributed by atoms with Crippen molar-refractivity contribution in [2.75, 3.05) is 17.3 Å². The number of carbonyl (C=O) groups excluding carboxylic acids is 1. The lowest BCUT2D eigenvalue weighted by Gasteiger charge is -2.32. The van der Waals surface area contributed by atoms with Crippen LogP contribution in [0.4, 0.5) is 17.2 Å². The van der Waals surface area contributed by atoms with Crippen LogP contribution >= 0.6 is 0 Å². The Morgan fingerprint density at radius 2 is 2.00 bits per heavy atom. The SMILES string of the molecule is COC1CCC(C(=O)N2Cc3cccnc3Nc3ccc(-c4ccn(C)n4)cc32)CC1. The molecule has 0 spiro atoms. The predicted molar refractivity (Wildman–Crippen MR) is 120 cm³/mol. The summed E-state index contributed by atoms with van der Waals surface area (Å²) in [5.41, 5.74) is 4.65. The van der Waals surface area contributed by atoms with Crippen molar-refractivity contribution < 1.29 is 9.53 Å². The molecule has 1 aliphatic heterocycles. The zero-order chi connectivity index (χ0) is 21.4. The summed E-state index contributed by atoms with van der Waals surface area (Å²) in [5, 5.41) is 7.98. The first kappa shape index (κ1) is 19.8. The highest BCUT2D eigenvalue weighted by Crippen LogP contribution is 2.39. The van der Waals surface area contributed by atoms with E-state index in [1.54, 1.807) is 18.0 Å². The van der Waals surface area contributed by atoms with Gasteiger partial charge >= 0.3 is 0 Å². The average Bonchev–Trinajstić information content (AvgIpc) is 3.17. The number of hydrogen-bond donors (Lipinski definition) is 1. The fraction of sp³-hybridized carbons (Fsp3) is 0.375. The fourth-order valence-corrected chi connectivity index (χ4v) is 4.61. The van der Waals surface area contributed by atoms with Gasteiger partial charge in [-0.2, -0.15) is 5.10 Å². The molecule has 5 rings (SSSR count). The molecule has 1 aromatic carbocycles. The van der Waals surface area contributed by atoms with E-state index in [9.17, 15) is 4.79 Å². The minimum atomic E-state index is 0.0102. The third-order valence-electron chi connectivity index (χ3n) is 6.39. The molecule has 2 aliphatic rings. The summed E-state index contributed by atoms with van der Waals surface area (Å²) >= 11 is 0. The fourth-order valence-electron chi connectivity index (χ4n) is 4.61. The Labute approximate surface area is 182 Å². The van der Waals surface area contributed by atoms with Crippen molar-refractivity contribution >= 4 is 23.1 Å². The molecule has 0 bridgehead atoms. The first-order chi connectivity index (χ1) is 15.1. The molecular weight excluding hydrogens is 390 g/mol. The number of fused-ring (bicyclic) bond motifs is 2. The van der Waals surface area contributed by atoms with Gasteiger partial charge in [0.25, 0.3) is 0 Å². The van der Waals surface area contributed by atoms with E-state index in [0.717, 1.165) is 59.7 Å². The lowest BCUT2D eigenvalue weighted by atomic mass is 9.86. The molecule has 0 radical (unpaired) electrons. The maximum absolute atomic E-state index is 13.7. The molecule has 31 heavy (non-hydrogen) atoms. The Morgan fingerprint density at radius 1 is 1.16 bits per heavy atom. The summed E-state index contributed by atoms with van der Waals surface area (Å²) < 4.78 is 7.29. The van der Waals surface area contributed by atoms with Crippen LogP contribution in [0.5, 0.6) is 0 Å². The van der Waals surface area contributed by atoms with E-state index in [4.69, 9.17) is 4.74 Å². The molecular formula is C24H27N5O2. The molecule has 0 saturated heterocycles. The number of nitrogens with one attached hydrogen (secondary N) is 1. The molecule has 1 aliphatic carbocycles. The molecule has 7 nitrogen and oxygen atoms in total. The number of pyridine rings is 1. The number of nitrogens with zero attached hydrogens (tertiary/aromatic N) is 4. The normalized spacial score (nSPS) is 20.4. The number of aryl methyl sites for hydroxylation is 1. The van der Waals surface area contributed by atoms with Gasteiger partial charge in [-0.15, -0.1) is 0 Å². The van der Waals surface area contributed by atoms with Crippen LogP contribution in [0.25, 0.3) is 11.3 Å². The molecule has 160 valence electrons. The van der Waals surface area contributed by atoms with Gasteiger partial charge in [0.1, 0.15) is 5.82 Å². The topological polar surface area (TPSA) is 72.3 Å². The third kappa shape index (κ3) is 3.81. The zero-order valence-electron chi connectivity index (χ0n) is 17.9. The van der Waals surface area contributed by atoms with E-state index < -0.39 is 0 Å². The average molecular weight is 418 g/mol. The number of amides is 1. The first-order valence-electron chi connectivity index (χ1n) is 10.8. The van der Waals surface area contributed by atoms with E-state index in [-0.39, 0.29) is 17.9 Å². The third-order valence-corrected chi connectivity index (χ3v) is 6.39. The van der Waals surface area contributed by atoms with Gasteiger partial charge in [0.05, 0.1) is 29.7 Å². The van der Waals surface area contributed by atoms with Gasteiger partial charge in [0.2, 0.25) is 5.91 Å². The largest absolute Gasteiger partial charge is 0.381 e. The number of anilines is 3. The minimum absolute atomic E-state index is 0.0102. The highest BCUT2D eigenvalue weighted by atomic mass is 16.5. The Hall–Kier alpha value is -3.19. The highest BCUT2D eigenvalue weighted by molar-refractivity contribution is 6.00. The van der Waals surface area contributed by atoms with E-state index in [1.807, 2.05) is 48.5 Å². The lowest BCUT2D eigenvalue weighted by molar-refractivity contribution is -0.124. The summed E-state index contributed by atoms with van der Waals surface area (Å²) in [6, 6.07) is 12.1. The number of benzene rings is 1. The molecule has 2 aromatic heterocycles. The van der Waals surface area contributed by atoms with Crippen molar-refractivity contribution in [3.63, 3.8) is 0 Å². The van der Waals surface area contributed by atoms with Gasteiger partial charge in [-0.3, -0.25) is 9.48 Å². The number of aromatic nitrogens is 3. The quantitative estimate of drug-likeness (QED) is 0.689. The van der Waals surface area contributed by atoms with Gasteiger partial charge in [0.15, 0.2) is 0 Å². The molecule has 0 unspecified atom stereocenters. The molecule has 3 aromatic rings. The Morgan fingerprint density at radius 3 is 2.74 bits per heavy atom. The first-order valence-corrected chi connectivity index (χ1v) is 10.8. The highest BCUT2D eigenvalue weighted by Gasteiger charge is 2.33. The van der Waals surface area contributed by atoms with Gasteiger partial charge in [-0.25, -0.2) is 4.98 Å². The zero-order valence-corrected chi connectivity index (χ0v) is 17.9. The molecule has 1 N–H and O–H groups in total. The molecule has 1 amide bonds. The predicted octanol–water partition coefficient (Wildman–Crippen LogP) is 4.28. The van der Waals surface area contributed by atoms with E-state index >= 15 is 0 Å². The van der Waals surface area contributed by atoms with Crippen molar-refractivity contribution in [1.29, 1.82) is 0 Å². The van der Waals surface area contributed by atoms with Crippen molar-refractivity contribution in [2.24, 2.45) is 13.0 Å². The minimum Gasteiger partial charge on any atom is -0.381 e. The van der Waals surface area contributed by atoms with Crippen LogP contribution in [0.3, 0.4) is 0 Å². The number of carbonyl (C=O) groups is 1. The molecule has 7 heteroatoms. The second-order valence-electron chi connectivity index (χ2n) is 8.38. The van der Waals surface area contributed by atoms with Crippen LogP contribution in [0.2, 0.25) is 0 Å². The van der Waals surface area contributed by atoms with Crippen LogP contribution < -0.4 is 10.2 Å². The van der Waals surface area contributed by atoms with Crippen molar-refractivity contribution in [3.05, 3.63) is 54.4 Å². The van der Waals surface area contributed by atoms with Crippen LogP contribution in [0, 0.1) is 5.92 Å². The summed E-state index contributed by atoms with van der Waals surface area (Å²) in [5.74, 6) is 0.983. The summed E-state index contributed by atoms with van der Waals surface area (Å²) in [7, 11) is 3.66. The molecule has 1 saturated carbocycles. The van der Waals surface area contributed by atoms with Crippen molar-refractivity contribution in [2.45, 2.75) is 38.3 Å². The maximum Gasteiger partial charge on any atom is 0.230 e. The van der Waals surface area contributed by atoms with Crippen LogP contribution in [0.1, 0.15) is 31.2 Å². The van der Waals surface area contributed by atoms with Gasteiger partial charge in [0, 0.05) is 43.6 Å². The van der Waals surface area contributed by atoms with E-state index in [0.29, 0.717) is 6.54 Å². The standard InChI is InChI=1S/C24H27N5O2/c1-28-13-11-20(27-28)17-7-10-21-22(14-17)29(15-18-4-3-12-25-23(18)26-21)24(30)16-5-8-19(31-2)9-6-16/h3-4,7,10-14,16,19H,5-6,8-9,15H2,1-2H3,(H,25,26). The molecule has 3 heterocycles. The van der Waals surface area contributed by atoms with E-state index in [1.165, 1.54) is 0 Å².